The molecule has 5 rings (SSSR count). The second-order valence-electron chi connectivity index (χ2n) is 7.84. The number of carbonyl (C=O) groups excluding carboxylic acids is 3. The van der Waals surface area contributed by atoms with Gasteiger partial charge in [0.15, 0.2) is 0 Å². The van der Waals surface area contributed by atoms with Crippen molar-refractivity contribution in [1.82, 2.24) is 5.32 Å². The molecule has 3 amide bonds. The summed E-state index contributed by atoms with van der Waals surface area (Å²) in [4.78, 5) is 38.8. The lowest BCUT2D eigenvalue weighted by atomic mass is 9.77. The fourth-order valence-electron chi connectivity index (χ4n) is 4.47. The van der Waals surface area contributed by atoms with Crippen molar-refractivity contribution in [1.29, 1.82) is 0 Å². The minimum absolute atomic E-state index is 0.0741. The van der Waals surface area contributed by atoms with E-state index >= 15 is 0 Å². The third kappa shape index (κ3) is 2.56. The summed E-state index contributed by atoms with van der Waals surface area (Å²) in [5.41, 5.74) is 0.693. The molecule has 0 aromatic heterocycles. The smallest absolute Gasteiger partial charge is 0.234 e. The lowest BCUT2D eigenvalue weighted by Gasteiger charge is -2.23. The number of nitrogens with one attached hydrogen (secondary N) is 2. The standard InChI is InChI=1S/C20H21N3O4/c1-11(24)21-12-4-6-14(7-5-12)23-10-20-9-8-15(27-20)16(17(20)19(23)26)18(25)22-13-2-3-13/h4-9,13,15-17H,2-3,10H2,1H3,(H,21,24)(H,22,25)/t15-,16-,17-,20-/m0/s1. The third-order valence-corrected chi connectivity index (χ3v) is 5.83. The molecule has 0 radical (unpaired) electrons. The molecule has 4 aliphatic rings. The summed E-state index contributed by atoms with van der Waals surface area (Å²) in [5, 5.41) is 5.74. The molecule has 7 heteroatoms. The van der Waals surface area contributed by atoms with E-state index in [0.717, 1.165) is 18.5 Å². The number of anilines is 2. The zero-order chi connectivity index (χ0) is 18.8. The summed E-state index contributed by atoms with van der Waals surface area (Å²) in [6.45, 7) is 1.85. The second-order valence-corrected chi connectivity index (χ2v) is 7.84. The number of hydrogen-bond acceptors (Lipinski definition) is 4. The molecule has 1 aromatic carbocycles. The van der Waals surface area contributed by atoms with Gasteiger partial charge in [-0.2, -0.15) is 0 Å². The highest BCUT2D eigenvalue weighted by Gasteiger charge is 2.67. The summed E-state index contributed by atoms with van der Waals surface area (Å²) in [7, 11) is 0. The van der Waals surface area contributed by atoms with E-state index in [1.54, 1.807) is 29.2 Å². The Kier molecular flexibility index (Phi) is 3.46. The van der Waals surface area contributed by atoms with Crippen LogP contribution in [0.3, 0.4) is 0 Å². The van der Waals surface area contributed by atoms with Crippen molar-refractivity contribution in [3.05, 3.63) is 36.4 Å². The van der Waals surface area contributed by atoms with Crippen molar-refractivity contribution in [2.75, 3.05) is 16.8 Å². The minimum atomic E-state index is -0.719. The molecule has 2 bridgehead atoms. The van der Waals surface area contributed by atoms with Crippen molar-refractivity contribution in [2.24, 2.45) is 11.8 Å². The van der Waals surface area contributed by atoms with Crippen molar-refractivity contribution in [2.45, 2.75) is 37.5 Å². The van der Waals surface area contributed by atoms with Crippen LogP contribution in [-0.2, 0) is 19.1 Å². The van der Waals surface area contributed by atoms with Gasteiger partial charge in [-0.25, -0.2) is 0 Å². The van der Waals surface area contributed by atoms with Gasteiger partial charge in [0.2, 0.25) is 17.7 Å². The number of nitrogens with zero attached hydrogens (tertiary/aromatic N) is 1. The lowest BCUT2D eigenvalue weighted by molar-refractivity contribution is -0.132. The molecule has 3 aliphatic heterocycles. The fourth-order valence-corrected chi connectivity index (χ4v) is 4.47. The number of ether oxygens (including phenoxy) is 1. The Morgan fingerprint density at radius 3 is 2.63 bits per heavy atom. The number of benzene rings is 1. The maximum absolute atomic E-state index is 13.2. The Bertz CT molecular complexity index is 860. The van der Waals surface area contributed by atoms with Gasteiger partial charge in [0, 0.05) is 24.3 Å². The molecule has 3 heterocycles. The molecule has 7 nitrogen and oxygen atoms in total. The summed E-state index contributed by atoms with van der Waals surface area (Å²) in [6.07, 6.45) is 5.58. The fraction of sp³-hybridized carbons (Fsp3) is 0.450. The molecular formula is C20H21N3O4. The normalized spacial score (nSPS) is 33.3. The zero-order valence-electron chi connectivity index (χ0n) is 15.0. The second kappa shape index (κ2) is 5.66. The molecule has 1 spiro atoms. The first-order chi connectivity index (χ1) is 13.0. The Labute approximate surface area is 156 Å². The van der Waals surface area contributed by atoms with Crippen LogP contribution in [0, 0.1) is 11.8 Å². The van der Waals surface area contributed by atoms with Crippen LogP contribution < -0.4 is 15.5 Å². The average Bonchev–Trinajstić information content (AvgIpc) is 3.16. The minimum Gasteiger partial charge on any atom is -0.360 e. The largest absolute Gasteiger partial charge is 0.360 e. The summed E-state index contributed by atoms with van der Waals surface area (Å²) >= 11 is 0. The van der Waals surface area contributed by atoms with Gasteiger partial charge in [0.1, 0.15) is 5.60 Å². The van der Waals surface area contributed by atoms with Crippen LogP contribution in [0.1, 0.15) is 19.8 Å². The van der Waals surface area contributed by atoms with Crippen LogP contribution in [0.15, 0.2) is 36.4 Å². The van der Waals surface area contributed by atoms with E-state index in [1.807, 2.05) is 12.2 Å². The van der Waals surface area contributed by atoms with Crippen LogP contribution in [0.4, 0.5) is 11.4 Å². The van der Waals surface area contributed by atoms with E-state index < -0.39 is 17.4 Å². The van der Waals surface area contributed by atoms with Gasteiger partial charge < -0.3 is 20.3 Å². The van der Waals surface area contributed by atoms with Gasteiger partial charge in [-0.05, 0) is 37.1 Å². The SMILES string of the molecule is CC(=O)Nc1ccc(N2C[C@]34C=C[C@H](O3)[C@H](C(=O)NC3CC3)[C@H]4C2=O)cc1. The first kappa shape index (κ1) is 16.5. The lowest BCUT2D eigenvalue weighted by Crippen LogP contribution is -2.44. The van der Waals surface area contributed by atoms with Crippen molar-refractivity contribution in [3.63, 3.8) is 0 Å². The highest BCUT2D eigenvalue weighted by Crippen LogP contribution is 2.52. The Morgan fingerprint density at radius 2 is 1.96 bits per heavy atom. The maximum atomic E-state index is 13.2. The molecule has 1 aromatic rings. The van der Waals surface area contributed by atoms with Gasteiger partial charge in [0.25, 0.3) is 0 Å². The van der Waals surface area contributed by atoms with Crippen molar-refractivity contribution < 1.29 is 19.1 Å². The number of amides is 3. The number of rotatable bonds is 4. The Balaban J connectivity index is 1.40. The molecule has 2 saturated heterocycles. The van der Waals surface area contributed by atoms with Crippen molar-refractivity contribution in [3.8, 4) is 0 Å². The average molecular weight is 367 g/mol. The zero-order valence-corrected chi connectivity index (χ0v) is 15.0. The van der Waals surface area contributed by atoms with Crippen molar-refractivity contribution >= 4 is 29.1 Å². The van der Waals surface area contributed by atoms with Gasteiger partial charge in [-0.1, -0.05) is 12.2 Å². The van der Waals surface area contributed by atoms with Crippen LogP contribution in [-0.4, -0.2) is 42.0 Å². The van der Waals surface area contributed by atoms with E-state index in [-0.39, 0.29) is 29.9 Å². The van der Waals surface area contributed by atoms with E-state index in [9.17, 15) is 14.4 Å². The van der Waals surface area contributed by atoms with Gasteiger partial charge in [0.05, 0.1) is 24.5 Å². The molecule has 1 aliphatic carbocycles. The van der Waals surface area contributed by atoms with Gasteiger partial charge in [-0.15, -0.1) is 0 Å². The molecule has 1 saturated carbocycles. The van der Waals surface area contributed by atoms with Crippen LogP contribution in [0.25, 0.3) is 0 Å². The number of carbonyl (C=O) groups is 3. The van der Waals surface area contributed by atoms with Crippen LogP contribution in [0.5, 0.6) is 0 Å². The maximum Gasteiger partial charge on any atom is 0.234 e. The van der Waals surface area contributed by atoms with Crippen LogP contribution in [0.2, 0.25) is 0 Å². The topological polar surface area (TPSA) is 87.7 Å². The van der Waals surface area contributed by atoms with E-state index in [0.29, 0.717) is 12.2 Å². The molecule has 140 valence electrons. The molecular weight excluding hydrogens is 346 g/mol. The highest BCUT2D eigenvalue weighted by atomic mass is 16.5. The highest BCUT2D eigenvalue weighted by molar-refractivity contribution is 6.03. The molecule has 3 fully saturated rings. The van der Waals surface area contributed by atoms with E-state index in [1.165, 1.54) is 6.92 Å². The predicted octanol–water partition coefficient (Wildman–Crippen LogP) is 1.21. The summed E-state index contributed by atoms with van der Waals surface area (Å²) in [5.74, 6) is -1.25. The summed E-state index contributed by atoms with van der Waals surface area (Å²) in [6, 6.07) is 7.39. The Hall–Kier alpha value is -2.67. The molecule has 2 N–H and O–H groups in total. The van der Waals surface area contributed by atoms with Gasteiger partial charge >= 0.3 is 0 Å². The van der Waals surface area contributed by atoms with E-state index in [4.69, 9.17) is 4.74 Å². The monoisotopic (exact) mass is 367 g/mol. The molecule has 4 atom stereocenters. The number of fused-ring (bicyclic) bond motifs is 1. The van der Waals surface area contributed by atoms with Crippen LogP contribution >= 0.6 is 0 Å². The number of hydrogen-bond donors (Lipinski definition) is 2. The first-order valence-electron chi connectivity index (χ1n) is 9.33. The quantitative estimate of drug-likeness (QED) is 0.783. The predicted molar refractivity (Wildman–Crippen MR) is 98.0 cm³/mol. The molecule has 0 unspecified atom stereocenters. The molecule has 27 heavy (non-hydrogen) atoms. The first-order valence-corrected chi connectivity index (χ1v) is 9.33. The summed E-state index contributed by atoms with van der Waals surface area (Å²) < 4.78 is 6.13. The third-order valence-electron chi connectivity index (χ3n) is 5.83. The van der Waals surface area contributed by atoms with Gasteiger partial charge in [-0.3, -0.25) is 14.4 Å². The van der Waals surface area contributed by atoms with E-state index in [2.05, 4.69) is 10.6 Å². The Morgan fingerprint density at radius 1 is 1.22 bits per heavy atom.